The number of hydrogen-bond acceptors (Lipinski definition) is 5. The van der Waals surface area contributed by atoms with E-state index in [0.717, 1.165) is 19.0 Å². The molecule has 0 bridgehead atoms. The van der Waals surface area contributed by atoms with Gasteiger partial charge in [-0.05, 0) is 51.7 Å². The van der Waals surface area contributed by atoms with Crippen LogP contribution in [0.25, 0.3) is 0 Å². The fourth-order valence-electron chi connectivity index (χ4n) is 3.69. The normalized spacial score (nSPS) is 23.2. The van der Waals surface area contributed by atoms with Crippen LogP contribution in [0.5, 0.6) is 5.75 Å². The molecule has 0 aromatic carbocycles. The van der Waals surface area contributed by atoms with E-state index in [1.807, 2.05) is 25.7 Å². The minimum Gasteiger partial charge on any atom is -0.444 e. The molecule has 2 atom stereocenters. The van der Waals surface area contributed by atoms with Crippen LogP contribution in [-0.4, -0.2) is 53.6 Å². The third-order valence-corrected chi connectivity index (χ3v) is 4.74. The molecule has 3 rings (SSSR count). The molecule has 2 aliphatic heterocycles. The average molecular weight is 387 g/mol. The average Bonchev–Trinajstić information content (AvgIpc) is 2.95. The Hall–Kier alpha value is -2.19. The van der Waals surface area contributed by atoms with Gasteiger partial charge in [0.15, 0.2) is 0 Å². The highest BCUT2D eigenvalue weighted by Crippen LogP contribution is 2.34. The Bertz CT molecular complexity index is 673. The fourth-order valence-corrected chi connectivity index (χ4v) is 3.69. The van der Waals surface area contributed by atoms with Crippen molar-refractivity contribution in [3.8, 4) is 5.75 Å². The van der Waals surface area contributed by atoms with Gasteiger partial charge in [-0.15, -0.1) is 13.2 Å². The summed E-state index contributed by atoms with van der Waals surface area (Å²) in [5.41, 5.74) is -0.528. The molecular formula is C18H24F3N3O3. The van der Waals surface area contributed by atoms with Crippen LogP contribution in [-0.2, 0) is 4.74 Å². The van der Waals surface area contributed by atoms with Crippen molar-refractivity contribution < 1.29 is 27.4 Å². The van der Waals surface area contributed by atoms with Gasteiger partial charge >= 0.3 is 12.5 Å². The Morgan fingerprint density at radius 3 is 2.52 bits per heavy atom. The first-order valence-electron chi connectivity index (χ1n) is 8.98. The first-order valence-corrected chi connectivity index (χ1v) is 8.98. The van der Waals surface area contributed by atoms with E-state index in [1.165, 1.54) is 12.1 Å². The molecule has 2 fully saturated rings. The fraction of sp³-hybridized carbons (Fsp3) is 0.667. The van der Waals surface area contributed by atoms with E-state index in [2.05, 4.69) is 9.72 Å². The van der Waals surface area contributed by atoms with Crippen LogP contribution in [0.4, 0.5) is 23.8 Å². The number of pyridine rings is 1. The van der Waals surface area contributed by atoms with Gasteiger partial charge in [-0.2, -0.15) is 0 Å². The zero-order valence-electron chi connectivity index (χ0n) is 15.6. The maximum atomic E-state index is 12.4. The number of rotatable bonds is 2. The highest BCUT2D eigenvalue weighted by atomic mass is 19.4. The minimum atomic E-state index is -4.73. The van der Waals surface area contributed by atoms with E-state index in [1.54, 1.807) is 4.90 Å². The van der Waals surface area contributed by atoms with Crippen molar-refractivity contribution in [3.05, 3.63) is 18.3 Å². The number of piperidine rings is 1. The van der Waals surface area contributed by atoms with Gasteiger partial charge in [-0.25, -0.2) is 9.78 Å². The van der Waals surface area contributed by atoms with Crippen molar-refractivity contribution >= 4 is 11.9 Å². The highest BCUT2D eigenvalue weighted by molar-refractivity contribution is 5.69. The Balaban J connectivity index is 1.60. The van der Waals surface area contributed by atoms with Crippen LogP contribution in [0.3, 0.4) is 0 Å². The summed E-state index contributed by atoms with van der Waals surface area (Å²) in [5, 5.41) is 0. The van der Waals surface area contributed by atoms with Crippen LogP contribution in [0.2, 0.25) is 0 Å². The molecule has 2 saturated heterocycles. The predicted octanol–water partition coefficient (Wildman–Crippen LogP) is 3.82. The summed E-state index contributed by atoms with van der Waals surface area (Å²) in [6.45, 7) is 7.57. The van der Waals surface area contributed by atoms with Crippen molar-refractivity contribution in [1.82, 2.24) is 9.88 Å². The summed E-state index contributed by atoms with van der Waals surface area (Å²) >= 11 is 0. The number of fused-ring (bicyclic) bond motifs is 1. The Morgan fingerprint density at radius 2 is 1.93 bits per heavy atom. The van der Waals surface area contributed by atoms with Gasteiger partial charge in [-0.1, -0.05) is 0 Å². The zero-order chi connectivity index (χ0) is 19.8. The van der Waals surface area contributed by atoms with Crippen LogP contribution in [0.15, 0.2) is 18.3 Å². The van der Waals surface area contributed by atoms with Gasteiger partial charge in [0.1, 0.15) is 17.2 Å². The third kappa shape index (κ3) is 4.95. The second-order valence-electron chi connectivity index (χ2n) is 7.92. The number of anilines is 1. The third-order valence-electron chi connectivity index (χ3n) is 4.74. The molecule has 150 valence electrons. The molecule has 6 nitrogen and oxygen atoms in total. The van der Waals surface area contributed by atoms with Crippen LogP contribution >= 0.6 is 0 Å². The lowest BCUT2D eigenvalue weighted by Crippen LogP contribution is -2.48. The van der Waals surface area contributed by atoms with E-state index in [4.69, 9.17) is 4.74 Å². The van der Waals surface area contributed by atoms with Crippen molar-refractivity contribution in [2.24, 2.45) is 5.92 Å². The molecule has 2 unspecified atom stereocenters. The molecule has 0 saturated carbocycles. The molecule has 1 amide bonds. The van der Waals surface area contributed by atoms with E-state index in [-0.39, 0.29) is 17.9 Å². The standard InChI is InChI=1S/C18H24F3N3O3/c1-17(2,3)27-16(25)24-9-6-12-11-23(8-7-14(12)24)15-5-4-13(10-22-15)26-18(19,20)21/h4-5,10,12,14H,6-9,11H2,1-3H3. The number of ether oxygens (including phenoxy) is 2. The Labute approximate surface area is 156 Å². The molecule has 27 heavy (non-hydrogen) atoms. The number of carbonyl (C=O) groups excluding carboxylic acids is 1. The summed E-state index contributed by atoms with van der Waals surface area (Å²) in [4.78, 5) is 20.3. The highest BCUT2D eigenvalue weighted by Gasteiger charge is 2.42. The van der Waals surface area contributed by atoms with E-state index < -0.39 is 12.0 Å². The Kier molecular flexibility index (Phi) is 5.14. The summed E-state index contributed by atoms with van der Waals surface area (Å²) in [5.74, 6) is 0.566. The van der Waals surface area contributed by atoms with Crippen molar-refractivity contribution in [3.63, 3.8) is 0 Å². The number of carbonyl (C=O) groups is 1. The number of amides is 1. The largest absolute Gasteiger partial charge is 0.573 e. The van der Waals surface area contributed by atoms with Gasteiger partial charge in [-0.3, -0.25) is 0 Å². The van der Waals surface area contributed by atoms with Crippen LogP contribution < -0.4 is 9.64 Å². The van der Waals surface area contributed by atoms with Crippen molar-refractivity contribution in [1.29, 1.82) is 0 Å². The second-order valence-corrected chi connectivity index (χ2v) is 7.92. The molecule has 0 N–H and O–H groups in total. The minimum absolute atomic E-state index is 0.129. The number of aromatic nitrogens is 1. The summed E-state index contributed by atoms with van der Waals surface area (Å²) in [7, 11) is 0. The lowest BCUT2D eigenvalue weighted by atomic mass is 9.93. The molecule has 0 radical (unpaired) electrons. The Morgan fingerprint density at radius 1 is 1.19 bits per heavy atom. The smallest absolute Gasteiger partial charge is 0.444 e. The quantitative estimate of drug-likeness (QED) is 0.772. The van der Waals surface area contributed by atoms with Crippen molar-refractivity contribution in [2.45, 2.75) is 51.6 Å². The molecule has 2 aliphatic rings. The monoisotopic (exact) mass is 387 g/mol. The maximum Gasteiger partial charge on any atom is 0.573 e. The van der Waals surface area contributed by atoms with Crippen LogP contribution in [0, 0.1) is 5.92 Å². The number of halogens is 3. The lowest BCUT2D eigenvalue weighted by molar-refractivity contribution is -0.274. The molecular weight excluding hydrogens is 363 g/mol. The summed E-state index contributed by atoms with van der Waals surface area (Å²) in [6.07, 6.45) is -2.29. The molecule has 0 aliphatic carbocycles. The van der Waals surface area contributed by atoms with E-state index in [9.17, 15) is 18.0 Å². The maximum absolute atomic E-state index is 12.4. The first-order chi connectivity index (χ1) is 12.5. The van der Waals surface area contributed by atoms with Gasteiger partial charge in [0.2, 0.25) is 0 Å². The lowest BCUT2D eigenvalue weighted by Gasteiger charge is -2.38. The molecule has 0 spiro atoms. The van der Waals surface area contributed by atoms with Crippen LogP contribution in [0.1, 0.15) is 33.6 Å². The van der Waals surface area contributed by atoms with Crippen molar-refractivity contribution in [2.75, 3.05) is 24.5 Å². The van der Waals surface area contributed by atoms with Gasteiger partial charge in [0, 0.05) is 25.7 Å². The van der Waals surface area contributed by atoms with Gasteiger partial charge < -0.3 is 19.3 Å². The number of likely N-dealkylation sites (tertiary alicyclic amines) is 1. The first kappa shape index (κ1) is 19.6. The van der Waals surface area contributed by atoms with Gasteiger partial charge in [0.05, 0.1) is 6.20 Å². The SMILES string of the molecule is CC(C)(C)OC(=O)N1CCC2CN(c3ccc(OC(F)(F)F)cn3)CCC21. The summed E-state index contributed by atoms with van der Waals surface area (Å²) < 4.78 is 46.1. The number of alkyl halides is 3. The zero-order valence-corrected chi connectivity index (χ0v) is 15.6. The molecule has 9 heteroatoms. The van der Waals surface area contributed by atoms with E-state index >= 15 is 0 Å². The number of nitrogens with zero attached hydrogens (tertiary/aromatic N) is 3. The number of hydrogen-bond donors (Lipinski definition) is 0. The van der Waals surface area contributed by atoms with E-state index in [0.29, 0.717) is 31.4 Å². The van der Waals surface area contributed by atoms with Gasteiger partial charge in [0.25, 0.3) is 0 Å². The molecule has 3 heterocycles. The molecule has 1 aromatic rings. The summed E-state index contributed by atoms with van der Waals surface area (Å²) in [6, 6.07) is 2.93. The molecule has 1 aromatic heterocycles. The topological polar surface area (TPSA) is 54.9 Å². The predicted molar refractivity (Wildman–Crippen MR) is 92.6 cm³/mol. The second kappa shape index (κ2) is 7.09.